The smallest absolute Gasteiger partial charge is 0.313 e. The fourth-order valence-corrected chi connectivity index (χ4v) is 4.18. The molecule has 4 rings (SSSR count). The van der Waals surface area contributed by atoms with Gasteiger partial charge in [0, 0.05) is 50.8 Å². The number of aryl methyl sites for hydroxylation is 1. The molecule has 8 heteroatoms. The van der Waals surface area contributed by atoms with E-state index in [1.807, 2.05) is 42.2 Å². The van der Waals surface area contributed by atoms with Crippen molar-refractivity contribution in [2.75, 3.05) is 42.9 Å². The monoisotopic (exact) mass is 461 g/mol. The summed E-state index contributed by atoms with van der Waals surface area (Å²) in [5, 5.41) is 5.44. The number of hydrogen-bond donors (Lipinski definition) is 2. The fourth-order valence-electron chi connectivity index (χ4n) is 4.18. The number of carbonyl (C=O) groups excluding carboxylic acids is 2. The minimum Gasteiger partial charge on any atom is -0.367 e. The number of aromatic nitrogens is 1. The third-order valence-electron chi connectivity index (χ3n) is 6.07. The summed E-state index contributed by atoms with van der Waals surface area (Å²) in [7, 11) is 0. The molecule has 0 unspecified atom stereocenters. The summed E-state index contributed by atoms with van der Waals surface area (Å²) in [6.45, 7) is 4.79. The van der Waals surface area contributed by atoms with E-state index in [2.05, 4.69) is 20.5 Å². The van der Waals surface area contributed by atoms with Crippen molar-refractivity contribution < 1.29 is 14.0 Å². The van der Waals surface area contributed by atoms with E-state index in [9.17, 15) is 14.0 Å². The van der Waals surface area contributed by atoms with Crippen LogP contribution in [0.4, 0.5) is 15.8 Å². The number of piperazine rings is 1. The lowest BCUT2D eigenvalue weighted by Gasteiger charge is -2.40. The SMILES string of the molecule is Cc1ccccc1NC(=O)C(=O)NC[C@@H](c1cccnc1)N1CCN(c2ccccc2F)CC1. The van der Waals surface area contributed by atoms with Gasteiger partial charge in [0.05, 0.1) is 11.7 Å². The van der Waals surface area contributed by atoms with E-state index in [1.54, 1.807) is 36.7 Å². The van der Waals surface area contributed by atoms with Crippen LogP contribution < -0.4 is 15.5 Å². The Labute approximate surface area is 198 Å². The minimum absolute atomic E-state index is 0.160. The number of carbonyl (C=O) groups is 2. The van der Waals surface area contributed by atoms with Crippen LogP contribution in [0.5, 0.6) is 0 Å². The van der Waals surface area contributed by atoms with E-state index in [0.29, 0.717) is 37.6 Å². The molecular weight excluding hydrogens is 433 g/mol. The van der Waals surface area contributed by atoms with E-state index in [-0.39, 0.29) is 18.4 Å². The number of pyridine rings is 1. The molecule has 1 aliphatic heterocycles. The number of nitrogens with zero attached hydrogens (tertiary/aromatic N) is 3. The molecular formula is C26H28FN5O2. The third kappa shape index (κ3) is 5.58. The van der Waals surface area contributed by atoms with E-state index in [1.165, 1.54) is 6.07 Å². The maximum atomic E-state index is 14.2. The highest BCUT2D eigenvalue weighted by atomic mass is 19.1. The standard InChI is InChI=1S/C26H28FN5O2/c1-19-7-2-4-10-22(19)30-26(34)25(33)29-18-24(20-8-6-12-28-17-20)32-15-13-31(14-16-32)23-11-5-3-9-21(23)27/h2-12,17,24H,13-16,18H2,1H3,(H,29,33)(H,30,34)/t24-/m0/s1. The average Bonchev–Trinajstić information content (AvgIpc) is 2.87. The van der Waals surface area contributed by atoms with Gasteiger partial charge < -0.3 is 15.5 Å². The number of halogens is 1. The lowest BCUT2D eigenvalue weighted by atomic mass is 10.1. The van der Waals surface area contributed by atoms with Gasteiger partial charge in [-0.1, -0.05) is 36.4 Å². The molecule has 1 fully saturated rings. The number of benzene rings is 2. The number of amides is 2. The van der Waals surface area contributed by atoms with Crippen LogP contribution >= 0.6 is 0 Å². The molecule has 0 spiro atoms. The van der Waals surface area contributed by atoms with Crippen molar-refractivity contribution in [2.24, 2.45) is 0 Å². The van der Waals surface area contributed by atoms with Crippen LogP contribution in [0, 0.1) is 12.7 Å². The first-order valence-electron chi connectivity index (χ1n) is 11.3. The second kappa shape index (κ2) is 10.9. The van der Waals surface area contributed by atoms with Gasteiger partial charge in [0.2, 0.25) is 0 Å². The van der Waals surface area contributed by atoms with Gasteiger partial charge in [-0.3, -0.25) is 19.5 Å². The second-order valence-electron chi connectivity index (χ2n) is 8.26. The molecule has 2 heterocycles. The van der Waals surface area contributed by atoms with Crippen molar-refractivity contribution in [3.8, 4) is 0 Å². The van der Waals surface area contributed by atoms with Gasteiger partial charge >= 0.3 is 11.8 Å². The molecule has 0 saturated carbocycles. The molecule has 2 N–H and O–H groups in total. The van der Waals surface area contributed by atoms with E-state index >= 15 is 0 Å². The Morgan fingerprint density at radius 3 is 2.41 bits per heavy atom. The normalized spacial score (nSPS) is 14.9. The highest BCUT2D eigenvalue weighted by Crippen LogP contribution is 2.25. The topological polar surface area (TPSA) is 77.6 Å². The van der Waals surface area contributed by atoms with Crippen molar-refractivity contribution in [1.29, 1.82) is 0 Å². The summed E-state index contributed by atoms with van der Waals surface area (Å²) < 4.78 is 14.2. The molecule has 0 radical (unpaired) electrons. The quantitative estimate of drug-likeness (QED) is 0.552. The highest BCUT2D eigenvalue weighted by Gasteiger charge is 2.27. The van der Waals surface area contributed by atoms with Crippen LogP contribution in [0.2, 0.25) is 0 Å². The summed E-state index contributed by atoms with van der Waals surface area (Å²) in [5.74, 6) is -1.63. The highest BCUT2D eigenvalue weighted by molar-refractivity contribution is 6.39. The molecule has 1 aliphatic rings. The first-order valence-corrected chi connectivity index (χ1v) is 11.3. The maximum Gasteiger partial charge on any atom is 0.313 e. The third-order valence-corrected chi connectivity index (χ3v) is 6.07. The van der Waals surface area contributed by atoms with Gasteiger partial charge in [0.25, 0.3) is 0 Å². The number of para-hydroxylation sites is 2. The van der Waals surface area contributed by atoms with Gasteiger partial charge in [-0.25, -0.2) is 4.39 Å². The van der Waals surface area contributed by atoms with E-state index < -0.39 is 11.8 Å². The van der Waals surface area contributed by atoms with Crippen LogP contribution in [-0.4, -0.2) is 54.4 Å². The van der Waals surface area contributed by atoms with Crippen molar-refractivity contribution >= 4 is 23.2 Å². The number of rotatable bonds is 6. The lowest BCUT2D eigenvalue weighted by molar-refractivity contribution is -0.136. The first-order chi connectivity index (χ1) is 16.5. The molecule has 34 heavy (non-hydrogen) atoms. The Hall–Kier alpha value is -3.78. The molecule has 1 atom stereocenters. The van der Waals surface area contributed by atoms with Gasteiger partial charge in [-0.05, 0) is 42.3 Å². The first kappa shape index (κ1) is 23.4. The zero-order chi connectivity index (χ0) is 23.9. The molecule has 1 saturated heterocycles. The van der Waals surface area contributed by atoms with Gasteiger partial charge in [0.1, 0.15) is 5.82 Å². The van der Waals surface area contributed by atoms with E-state index in [0.717, 1.165) is 11.1 Å². The fraction of sp³-hybridized carbons (Fsp3) is 0.269. The maximum absolute atomic E-state index is 14.2. The molecule has 1 aromatic heterocycles. The van der Waals surface area contributed by atoms with Crippen molar-refractivity contribution in [1.82, 2.24) is 15.2 Å². The van der Waals surface area contributed by atoms with Crippen LogP contribution in [0.3, 0.4) is 0 Å². The molecule has 0 bridgehead atoms. The Morgan fingerprint density at radius 1 is 0.971 bits per heavy atom. The molecule has 7 nitrogen and oxygen atoms in total. The summed E-state index contributed by atoms with van der Waals surface area (Å²) in [6.07, 6.45) is 3.47. The Bertz CT molecular complexity index is 1130. The van der Waals surface area contributed by atoms with Crippen molar-refractivity contribution in [3.63, 3.8) is 0 Å². The summed E-state index contributed by atoms with van der Waals surface area (Å²) >= 11 is 0. The van der Waals surface area contributed by atoms with Crippen LogP contribution in [0.1, 0.15) is 17.2 Å². The second-order valence-corrected chi connectivity index (χ2v) is 8.26. The summed E-state index contributed by atoms with van der Waals surface area (Å²) in [5.41, 5.74) is 3.03. The molecule has 2 amide bonds. The average molecular weight is 462 g/mol. The van der Waals surface area contributed by atoms with Crippen molar-refractivity contribution in [3.05, 3.63) is 90.0 Å². The molecule has 2 aromatic carbocycles. The van der Waals surface area contributed by atoms with Gasteiger partial charge in [0.15, 0.2) is 0 Å². The zero-order valence-corrected chi connectivity index (χ0v) is 19.1. The molecule has 0 aliphatic carbocycles. The Morgan fingerprint density at radius 2 is 1.71 bits per heavy atom. The minimum atomic E-state index is -0.705. The summed E-state index contributed by atoms with van der Waals surface area (Å²) in [6, 6.07) is 17.7. The predicted octanol–water partition coefficient (Wildman–Crippen LogP) is 3.15. The predicted molar refractivity (Wildman–Crippen MR) is 130 cm³/mol. The van der Waals surface area contributed by atoms with E-state index in [4.69, 9.17) is 0 Å². The number of nitrogens with one attached hydrogen (secondary N) is 2. The van der Waals surface area contributed by atoms with Crippen LogP contribution in [-0.2, 0) is 9.59 Å². The number of hydrogen-bond acceptors (Lipinski definition) is 5. The van der Waals surface area contributed by atoms with Gasteiger partial charge in [-0.15, -0.1) is 0 Å². The number of anilines is 2. The largest absolute Gasteiger partial charge is 0.367 e. The summed E-state index contributed by atoms with van der Waals surface area (Å²) in [4.78, 5) is 33.5. The Balaban J connectivity index is 1.40. The van der Waals surface area contributed by atoms with Crippen molar-refractivity contribution in [2.45, 2.75) is 13.0 Å². The Kier molecular flexibility index (Phi) is 7.49. The van der Waals surface area contributed by atoms with Crippen LogP contribution in [0.25, 0.3) is 0 Å². The lowest BCUT2D eigenvalue weighted by Crippen LogP contribution is -2.50. The zero-order valence-electron chi connectivity index (χ0n) is 19.1. The van der Waals surface area contributed by atoms with Gasteiger partial charge in [-0.2, -0.15) is 0 Å². The molecule has 3 aromatic rings. The van der Waals surface area contributed by atoms with Crippen LogP contribution in [0.15, 0.2) is 73.1 Å². The molecule has 176 valence electrons.